The molecule has 0 saturated carbocycles. The van der Waals surface area contributed by atoms with Crippen LogP contribution in [-0.2, 0) is 0 Å². The van der Waals surface area contributed by atoms with Crippen molar-refractivity contribution in [1.29, 1.82) is 0 Å². The number of benzene rings is 2. The first kappa shape index (κ1) is 9.16. The maximum absolute atomic E-state index is 5.52. The second kappa shape index (κ2) is 3.76. The third-order valence-electron chi connectivity index (χ3n) is 2.16. The minimum atomic E-state index is 0.851. The maximum Gasteiger partial charge on any atom is 0.119 e. The van der Waals surface area contributed by atoms with E-state index in [0.717, 1.165) is 16.8 Å². The molecule has 0 aliphatic heterocycles. The molecule has 0 saturated heterocycles. The minimum absolute atomic E-state index is 0.851. The third-order valence-corrected chi connectivity index (χ3v) is 2.37. The van der Waals surface area contributed by atoms with Crippen LogP contribution in [0.1, 0.15) is 0 Å². The molecule has 14 heavy (non-hydrogen) atoms. The van der Waals surface area contributed by atoms with Gasteiger partial charge < -0.3 is 4.74 Å². The summed E-state index contributed by atoms with van der Waals surface area (Å²) in [5.41, 5.74) is 0.882. The summed E-state index contributed by atoms with van der Waals surface area (Å²) in [4.78, 5) is 2.59. The van der Waals surface area contributed by atoms with Crippen molar-refractivity contribution >= 4 is 28.2 Å². The molecular weight excluding hydrogens is 198 g/mol. The highest BCUT2D eigenvalue weighted by Gasteiger charge is 1.97. The van der Waals surface area contributed by atoms with Gasteiger partial charge in [-0.15, -0.1) is 0 Å². The normalized spacial score (nSPS) is 10.1. The molecular formula is C11H10ClNO. The Morgan fingerprint density at radius 2 is 1.86 bits per heavy atom. The summed E-state index contributed by atoms with van der Waals surface area (Å²) in [6, 6.07) is 11.9. The molecule has 0 aliphatic rings. The second-order valence-corrected chi connectivity index (χ2v) is 3.21. The fourth-order valence-electron chi connectivity index (χ4n) is 1.41. The van der Waals surface area contributed by atoms with E-state index in [-0.39, 0.29) is 0 Å². The fourth-order valence-corrected chi connectivity index (χ4v) is 1.53. The number of hydrogen-bond acceptors (Lipinski definition) is 2. The van der Waals surface area contributed by atoms with Gasteiger partial charge in [-0.2, -0.15) is 0 Å². The van der Waals surface area contributed by atoms with Crippen molar-refractivity contribution in [3.05, 3.63) is 36.4 Å². The van der Waals surface area contributed by atoms with Gasteiger partial charge in [-0.25, -0.2) is 0 Å². The number of rotatable bonds is 2. The average molecular weight is 208 g/mol. The lowest BCUT2D eigenvalue weighted by molar-refractivity contribution is 0.415. The Balaban J connectivity index is 2.60. The van der Waals surface area contributed by atoms with E-state index in [0.29, 0.717) is 0 Å². The standard InChI is InChI=1S/C11H10ClNO/c1-14-11-5-3-8-2-4-10(13-12)6-9(8)7-11/h2-7,13H,1H3. The Bertz CT molecular complexity index is 417. The van der Waals surface area contributed by atoms with Crippen LogP contribution in [0.25, 0.3) is 10.8 Å². The van der Waals surface area contributed by atoms with Crippen LogP contribution in [0.4, 0.5) is 5.69 Å². The molecule has 0 fully saturated rings. The second-order valence-electron chi connectivity index (χ2n) is 3.02. The van der Waals surface area contributed by atoms with Crippen molar-refractivity contribution in [3.8, 4) is 5.75 Å². The zero-order valence-corrected chi connectivity index (χ0v) is 8.51. The molecule has 3 heteroatoms. The summed E-state index contributed by atoms with van der Waals surface area (Å²) in [5.74, 6) is 0.851. The molecule has 2 rings (SSSR count). The lowest BCUT2D eigenvalue weighted by atomic mass is 10.1. The fraction of sp³-hybridized carbons (Fsp3) is 0.0909. The van der Waals surface area contributed by atoms with Gasteiger partial charge in [0.05, 0.1) is 7.11 Å². The minimum Gasteiger partial charge on any atom is -0.497 e. The number of hydrogen-bond donors (Lipinski definition) is 1. The molecule has 0 aromatic heterocycles. The zero-order valence-electron chi connectivity index (χ0n) is 7.75. The molecule has 0 aliphatic carbocycles. The molecule has 0 atom stereocenters. The summed E-state index contributed by atoms with van der Waals surface area (Å²) in [6.07, 6.45) is 0. The lowest BCUT2D eigenvalue weighted by Crippen LogP contribution is -1.83. The van der Waals surface area contributed by atoms with Crippen LogP contribution in [0.5, 0.6) is 5.75 Å². The monoisotopic (exact) mass is 207 g/mol. The van der Waals surface area contributed by atoms with Crippen molar-refractivity contribution in [2.45, 2.75) is 0 Å². The van der Waals surface area contributed by atoms with Gasteiger partial charge in [0.15, 0.2) is 0 Å². The SMILES string of the molecule is COc1ccc2ccc(NCl)cc2c1. The van der Waals surface area contributed by atoms with E-state index in [1.165, 1.54) is 5.39 Å². The Hall–Kier alpha value is -1.41. The number of nitrogens with one attached hydrogen (secondary N) is 1. The Morgan fingerprint density at radius 1 is 1.07 bits per heavy atom. The molecule has 0 bridgehead atoms. The van der Waals surface area contributed by atoms with Crippen LogP contribution in [0.2, 0.25) is 0 Å². The van der Waals surface area contributed by atoms with Gasteiger partial charge in [0.1, 0.15) is 5.75 Å². The molecule has 0 radical (unpaired) electrons. The summed E-state index contributed by atoms with van der Waals surface area (Å²) in [7, 11) is 1.66. The van der Waals surface area contributed by atoms with E-state index in [1.54, 1.807) is 7.11 Å². The van der Waals surface area contributed by atoms with Crippen LogP contribution >= 0.6 is 11.8 Å². The first-order valence-electron chi connectivity index (χ1n) is 4.28. The van der Waals surface area contributed by atoms with Crippen LogP contribution in [0, 0.1) is 0 Å². The third kappa shape index (κ3) is 1.61. The van der Waals surface area contributed by atoms with Crippen LogP contribution < -0.4 is 9.57 Å². The largest absolute Gasteiger partial charge is 0.497 e. The van der Waals surface area contributed by atoms with E-state index in [1.807, 2.05) is 36.4 Å². The maximum atomic E-state index is 5.52. The van der Waals surface area contributed by atoms with E-state index >= 15 is 0 Å². The van der Waals surface area contributed by atoms with E-state index < -0.39 is 0 Å². The van der Waals surface area contributed by atoms with Gasteiger partial charge in [0, 0.05) is 17.5 Å². The quantitative estimate of drug-likeness (QED) is 0.762. The molecule has 0 amide bonds. The lowest BCUT2D eigenvalue weighted by Gasteiger charge is -2.04. The predicted octanol–water partition coefficient (Wildman–Crippen LogP) is 3.41. The van der Waals surface area contributed by atoms with Gasteiger partial charge in [-0.05, 0) is 35.0 Å². The summed E-state index contributed by atoms with van der Waals surface area (Å²) < 4.78 is 5.14. The van der Waals surface area contributed by atoms with Crippen molar-refractivity contribution in [2.24, 2.45) is 0 Å². The predicted molar refractivity (Wildman–Crippen MR) is 60.0 cm³/mol. The molecule has 0 spiro atoms. The van der Waals surface area contributed by atoms with E-state index in [9.17, 15) is 0 Å². The van der Waals surface area contributed by atoms with Crippen molar-refractivity contribution in [3.63, 3.8) is 0 Å². The Kier molecular flexibility index (Phi) is 2.46. The van der Waals surface area contributed by atoms with Crippen LogP contribution in [0.15, 0.2) is 36.4 Å². The summed E-state index contributed by atoms with van der Waals surface area (Å²) in [6.45, 7) is 0. The van der Waals surface area contributed by atoms with Crippen molar-refractivity contribution < 1.29 is 4.74 Å². The van der Waals surface area contributed by atoms with Crippen molar-refractivity contribution in [1.82, 2.24) is 0 Å². The number of ether oxygens (including phenoxy) is 1. The highest BCUT2D eigenvalue weighted by Crippen LogP contribution is 2.23. The first-order valence-corrected chi connectivity index (χ1v) is 4.66. The van der Waals surface area contributed by atoms with Gasteiger partial charge in [-0.3, -0.25) is 4.84 Å². The Morgan fingerprint density at radius 3 is 2.57 bits per heavy atom. The van der Waals surface area contributed by atoms with Crippen LogP contribution in [-0.4, -0.2) is 7.11 Å². The summed E-state index contributed by atoms with van der Waals surface area (Å²) >= 11 is 5.52. The molecule has 2 aromatic rings. The van der Waals surface area contributed by atoms with Gasteiger partial charge in [0.2, 0.25) is 0 Å². The number of anilines is 1. The molecule has 2 nitrogen and oxygen atoms in total. The number of halogens is 1. The van der Waals surface area contributed by atoms with Crippen molar-refractivity contribution in [2.75, 3.05) is 11.9 Å². The highest BCUT2D eigenvalue weighted by atomic mass is 35.5. The van der Waals surface area contributed by atoms with E-state index in [2.05, 4.69) is 4.84 Å². The summed E-state index contributed by atoms with van der Waals surface area (Å²) in [5, 5.41) is 2.27. The molecule has 0 heterocycles. The molecule has 72 valence electrons. The average Bonchev–Trinajstić information content (AvgIpc) is 2.27. The molecule has 1 N–H and O–H groups in total. The molecule has 2 aromatic carbocycles. The van der Waals surface area contributed by atoms with Crippen LogP contribution in [0.3, 0.4) is 0 Å². The smallest absolute Gasteiger partial charge is 0.119 e. The van der Waals surface area contributed by atoms with E-state index in [4.69, 9.17) is 16.5 Å². The van der Waals surface area contributed by atoms with Gasteiger partial charge in [0.25, 0.3) is 0 Å². The zero-order chi connectivity index (χ0) is 9.97. The number of fused-ring (bicyclic) bond motifs is 1. The number of methoxy groups -OCH3 is 1. The first-order chi connectivity index (χ1) is 6.83. The Labute approximate surface area is 87.6 Å². The highest BCUT2D eigenvalue weighted by molar-refractivity contribution is 6.24. The van der Waals surface area contributed by atoms with Gasteiger partial charge in [-0.1, -0.05) is 12.1 Å². The topological polar surface area (TPSA) is 21.3 Å². The van der Waals surface area contributed by atoms with Gasteiger partial charge >= 0.3 is 0 Å². The molecule has 0 unspecified atom stereocenters.